The molecule has 0 radical (unpaired) electrons. The number of hydrogen-bond acceptors (Lipinski definition) is 5. The summed E-state index contributed by atoms with van der Waals surface area (Å²) in [6.07, 6.45) is 0.810. The summed E-state index contributed by atoms with van der Waals surface area (Å²) in [6.45, 7) is 3.25. The molecule has 0 saturated carbocycles. The molecular formula is C22H26N2O5. The summed E-state index contributed by atoms with van der Waals surface area (Å²) in [5.74, 6) is -0.518. The first kappa shape index (κ1) is 21.9. The van der Waals surface area contributed by atoms with E-state index >= 15 is 0 Å². The van der Waals surface area contributed by atoms with E-state index in [9.17, 15) is 14.4 Å². The van der Waals surface area contributed by atoms with Crippen molar-refractivity contribution in [3.05, 3.63) is 59.7 Å². The molecule has 2 aromatic carbocycles. The van der Waals surface area contributed by atoms with Gasteiger partial charge in [0.1, 0.15) is 5.75 Å². The quantitative estimate of drug-likeness (QED) is 0.634. The lowest BCUT2D eigenvalue weighted by Gasteiger charge is -2.12. The van der Waals surface area contributed by atoms with Crippen LogP contribution in [0.15, 0.2) is 48.5 Å². The highest BCUT2D eigenvalue weighted by Crippen LogP contribution is 2.17. The number of anilines is 1. The number of carbonyl (C=O) groups is 3. The van der Waals surface area contributed by atoms with Crippen molar-refractivity contribution in [3.8, 4) is 5.75 Å². The number of amides is 2. The highest BCUT2D eigenvalue weighted by atomic mass is 16.5. The summed E-state index contributed by atoms with van der Waals surface area (Å²) in [5.41, 5.74) is 1.55. The Bertz CT molecular complexity index is 847. The summed E-state index contributed by atoms with van der Waals surface area (Å²) < 4.78 is 10.2. The minimum atomic E-state index is -0.671. The number of esters is 1. The van der Waals surface area contributed by atoms with Crippen LogP contribution >= 0.6 is 0 Å². The second-order valence-corrected chi connectivity index (χ2v) is 6.74. The van der Waals surface area contributed by atoms with Crippen LogP contribution in [-0.2, 0) is 20.7 Å². The van der Waals surface area contributed by atoms with E-state index in [0.29, 0.717) is 12.1 Å². The van der Waals surface area contributed by atoms with Crippen molar-refractivity contribution in [1.82, 2.24) is 5.32 Å². The van der Waals surface area contributed by atoms with Gasteiger partial charge in [-0.3, -0.25) is 9.59 Å². The Morgan fingerprint density at radius 1 is 0.966 bits per heavy atom. The Morgan fingerprint density at radius 3 is 2.31 bits per heavy atom. The van der Waals surface area contributed by atoms with Gasteiger partial charge in [0.15, 0.2) is 6.61 Å². The van der Waals surface area contributed by atoms with Gasteiger partial charge in [-0.15, -0.1) is 0 Å². The Kier molecular flexibility index (Phi) is 8.21. The Labute approximate surface area is 170 Å². The first-order valence-corrected chi connectivity index (χ1v) is 9.37. The topological polar surface area (TPSA) is 93.7 Å². The summed E-state index contributed by atoms with van der Waals surface area (Å²) in [6, 6.07) is 14.0. The molecule has 2 aromatic rings. The van der Waals surface area contributed by atoms with Gasteiger partial charge in [-0.25, -0.2) is 4.79 Å². The van der Waals surface area contributed by atoms with Gasteiger partial charge in [-0.05, 0) is 50.1 Å². The molecular weight excluding hydrogens is 372 g/mol. The summed E-state index contributed by atoms with van der Waals surface area (Å²) in [4.78, 5) is 36.3. The molecule has 0 bridgehead atoms. The van der Waals surface area contributed by atoms with Crippen molar-refractivity contribution < 1.29 is 23.9 Å². The predicted molar refractivity (Wildman–Crippen MR) is 110 cm³/mol. The maximum absolute atomic E-state index is 12.3. The zero-order valence-electron chi connectivity index (χ0n) is 16.9. The van der Waals surface area contributed by atoms with Gasteiger partial charge in [0.25, 0.3) is 5.91 Å². The first-order valence-electron chi connectivity index (χ1n) is 9.37. The third-order valence-corrected chi connectivity index (χ3v) is 4.00. The monoisotopic (exact) mass is 398 g/mol. The first-order chi connectivity index (χ1) is 13.9. The molecule has 7 nitrogen and oxygen atoms in total. The van der Waals surface area contributed by atoms with Gasteiger partial charge < -0.3 is 20.1 Å². The molecule has 0 unspecified atom stereocenters. The molecule has 2 N–H and O–H groups in total. The standard InChI is InChI=1S/C22H26N2O5/c1-15(2)23-21(26)14-29-22(27)18-6-4-5-7-19(18)24-20(25)13-10-16-8-11-17(28-3)12-9-16/h4-9,11-12,15H,10,13-14H2,1-3H3,(H,23,26)(H,24,25). The number of nitrogens with one attached hydrogen (secondary N) is 2. The second-order valence-electron chi connectivity index (χ2n) is 6.74. The smallest absolute Gasteiger partial charge is 0.340 e. The SMILES string of the molecule is COc1ccc(CCC(=O)Nc2ccccc2C(=O)OCC(=O)NC(C)C)cc1. The molecule has 0 fully saturated rings. The molecule has 0 spiro atoms. The molecule has 2 rings (SSSR count). The van der Waals surface area contributed by atoms with E-state index in [1.807, 2.05) is 38.1 Å². The highest BCUT2D eigenvalue weighted by Gasteiger charge is 2.16. The molecule has 0 aromatic heterocycles. The third-order valence-electron chi connectivity index (χ3n) is 4.00. The lowest BCUT2D eigenvalue weighted by Crippen LogP contribution is -2.34. The number of ether oxygens (including phenoxy) is 2. The lowest BCUT2D eigenvalue weighted by molar-refractivity contribution is -0.124. The molecule has 7 heteroatoms. The Balaban J connectivity index is 1.92. The van der Waals surface area contributed by atoms with E-state index < -0.39 is 5.97 Å². The van der Waals surface area contributed by atoms with E-state index in [0.717, 1.165) is 11.3 Å². The van der Waals surface area contributed by atoms with Gasteiger partial charge in [0.2, 0.25) is 5.91 Å². The van der Waals surface area contributed by atoms with Crippen LogP contribution in [0.4, 0.5) is 5.69 Å². The molecule has 0 saturated heterocycles. The number of methoxy groups -OCH3 is 1. The highest BCUT2D eigenvalue weighted by molar-refractivity contribution is 6.01. The number of benzene rings is 2. The fourth-order valence-electron chi connectivity index (χ4n) is 2.61. The average molecular weight is 398 g/mol. The predicted octanol–water partition coefficient (Wildman–Crippen LogP) is 2.95. The van der Waals surface area contributed by atoms with Crippen molar-refractivity contribution in [2.45, 2.75) is 32.7 Å². The van der Waals surface area contributed by atoms with Crippen molar-refractivity contribution in [2.24, 2.45) is 0 Å². The van der Waals surface area contributed by atoms with Crippen molar-refractivity contribution in [3.63, 3.8) is 0 Å². The molecule has 0 atom stereocenters. The fourth-order valence-corrected chi connectivity index (χ4v) is 2.61. The normalized spacial score (nSPS) is 10.3. The zero-order valence-corrected chi connectivity index (χ0v) is 16.9. The van der Waals surface area contributed by atoms with E-state index in [1.54, 1.807) is 31.4 Å². The van der Waals surface area contributed by atoms with Crippen molar-refractivity contribution in [1.29, 1.82) is 0 Å². The summed E-state index contributed by atoms with van der Waals surface area (Å²) in [7, 11) is 1.60. The second kappa shape index (κ2) is 10.8. The van der Waals surface area contributed by atoms with Crippen LogP contribution < -0.4 is 15.4 Å². The molecule has 29 heavy (non-hydrogen) atoms. The van der Waals surface area contributed by atoms with Crippen molar-refractivity contribution in [2.75, 3.05) is 19.0 Å². The number of para-hydroxylation sites is 1. The molecule has 0 aliphatic carbocycles. The van der Waals surface area contributed by atoms with E-state index in [1.165, 1.54) is 0 Å². The average Bonchev–Trinajstić information content (AvgIpc) is 2.71. The maximum Gasteiger partial charge on any atom is 0.340 e. The third kappa shape index (κ3) is 7.29. The van der Waals surface area contributed by atoms with E-state index in [2.05, 4.69) is 10.6 Å². The van der Waals surface area contributed by atoms with Gasteiger partial charge in [0, 0.05) is 12.5 Å². The molecule has 154 valence electrons. The van der Waals surface area contributed by atoms with Crippen LogP contribution in [0, 0.1) is 0 Å². The zero-order chi connectivity index (χ0) is 21.2. The van der Waals surface area contributed by atoms with Crippen LogP contribution in [0.5, 0.6) is 5.75 Å². The van der Waals surface area contributed by atoms with E-state index in [4.69, 9.17) is 9.47 Å². The maximum atomic E-state index is 12.3. The van der Waals surface area contributed by atoms with Crippen LogP contribution in [0.25, 0.3) is 0 Å². The Hall–Kier alpha value is -3.35. The Morgan fingerprint density at radius 2 is 1.66 bits per heavy atom. The summed E-state index contributed by atoms with van der Waals surface area (Å²) >= 11 is 0. The summed E-state index contributed by atoms with van der Waals surface area (Å²) in [5, 5.41) is 5.38. The molecule has 0 heterocycles. The molecule has 0 aliphatic rings. The number of aryl methyl sites for hydroxylation is 1. The minimum Gasteiger partial charge on any atom is -0.497 e. The minimum absolute atomic E-state index is 0.0431. The van der Waals surface area contributed by atoms with Crippen LogP contribution in [-0.4, -0.2) is 37.5 Å². The molecule has 0 aliphatic heterocycles. The van der Waals surface area contributed by atoms with Crippen LogP contribution in [0.1, 0.15) is 36.2 Å². The van der Waals surface area contributed by atoms with E-state index in [-0.39, 0.29) is 36.4 Å². The van der Waals surface area contributed by atoms with Gasteiger partial charge in [-0.1, -0.05) is 24.3 Å². The largest absolute Gasteiger partial charge is 0.497 e. The van der Waals surface area contributed by atoms with Crippen LogP contribution in [0.3, 0.4) is 0 Å². The van der Waals surface area contributed by atoms with Crippen LogP contribution in [0.2, 0.25) is 0 Å². The molecule has 2 amide bonds. The van der Waals surface area contributed by atoms with Gasteiger partial charge in [-0.2, -0.15) is 0 Å². The van der Waals surface area contributed by atoms with Crippen molar-refractivity contribution >= 4 is 23.5 Å². The number of carbonyl (C=O) groups excluding carboxylic acids is 3. The fraction of sp³-hybridized carbons (Fsp3) is 0.318. The van der Waals surface area contributed by atoms with Gasteiger partial charge >= 0.3 is 5.97 Å². The lowest BCUT2D eigenvalue weighted by atomic mass is 10.1. The van der Waals surface area contributed by atoms with Gasteiger partial charge in [0.05, 0.1) is 18.4 Å². The number of rotatable bonds is 9. The number of hydrogen-bond donors (Lipinski definition) is 2.